The van der Waals surface area contributed by atoms with Gasteiger partial charge in [-0.2, -0.15) is 0 Å². The molecule has 0 aromatic heterocycles. The largest absolute Gasteiger partial charge is 0.333 e. The van der Waals surface area contributed by atoms with Crippen molar-refractivity contribution in [3.63, 3.8) is 0 Å². The summed E-state index contributed by atoms with van der Waals surface area (Å²) in [6, 6.07) is 33.5. The highest BCUT2D eigenvalue weighted by Gasteiger charge is 2.48. The van der Waals surface area contributed by atoms with Crippen molar-refractivity contribution in [2.75, 3.05) is 13.1 Å². The topological polar surface area (TPSA) is 60.9 Å². The van der Waals surface area contributed by atoms with Gasteiger partial charge in [0.1, 0.15) is 12.2 Å². The van der Waals surface area contributed by atoms with Gasteiger partial charge in [-0.1, -0.05) is 103 Å². The highest BCUT2D eigenvalue weighted by molar-refractivity contribution is 5.92. The van der Waals surface area contributed by atoms with E-state index in [9.17, 15) is 14.4 Å². The fourth-order valence-corrected chi connectivity index (χ4v) is 6.13. The number of piperazine rings is 1. The molecule has 0 spiro atoms. The second-order valence-corrected chi connectivity index (χ2v) is 10.7. The first kappa shape index (κ1) is 25.8. The van der Waals surface area contributed by atoms with Crippen molar-refractivity contribution in [2.45, 2.75) is 44.4 Å². The molecule has 0 aliphatic carbocycles. The Hall–Kier alpha value is -4.45. The molecule has 6 nitrogen and oxygen atoms in total. The summed E-state index contributed by atoms with van der Waals surface area (Å²) in [5, 5.41) is 2.23. The summed E-state index contributed by atoms with van der Waals surface area (Å²) < 4.78 is 0. The zero-order valence-electron chi connectivity index (χ0n) is 22.5. The molecule has 0 saturated carbocycles. The molecule has 4 aromatic carbocycles. The van der Waals surface area contributed by atoms with Gasteiger partial charge in [-0.15, -0.1) is 0 Å². The summed E-state index contributed by atoms with van der Waals surface area (Å²) in [6.07, 6.45) is 1.17. The first-order valence-corrected chi connectivity index (χ1v) is 14.0. The molecule has 0 radical (unpaired) electrons. The highest BCUT2D eigenvalue weighted by Crippen LogP contribution is 2.30. The van der Waals surface area contributed by atoms with E-state index in [0.717, 1.165) is 27.5 Å². The third kappa shape index (κ3) is 5.22. The van der Waals surface area contributed by atoms with Gasteiger partial charge in [-0.05, 0) is 33.9 Å². The smallest absolute Gasteiger partial charge is 0.246 e. The number of hydrogen-bond donors (Lipinski definition) is 0. The van der Waals surface area contributed by atoms with Crippen molar-refractivity contribution in [1.82, 2.24) is 14.7 Å². The van der Waals surface area contributed by atoms with Gasteiger partial charge in [-0.3, -0.25) is 14.4 Å². The first-order chi connectivity index (χ1) is 19.6. The lowest BCUT2D eigenvalue weighted by molar-refractivity contribution is -0.174. The van der Waals surface area contributed by atoms with Gasteiger partial charge in [0.15, 0.2) is 0 Å². The van der Waals surface area contributed by atoms with Crippen LogP contribution in [0.4, 0.5) is 0 Å². The van der Waals surface area contributed by atoms with E-state index in [1.54, 1.807) is 4.90 Å². The fourth-order valence-electron chi connectivity index (χ4n) is 6.13. The third-order valence-corrected chi connectivity index (χ3v) is 8.16. The Morgan fingerprint density at radius 3 is 2.23 bits per heavy atom. The first-order valence-electron chi connectivity index (χ1n) is 14.0. The van der Waals surface area contributed by atoms with E-state index in [2.05, 4.69) is 24.3 Å². The van der Waals surface area contributed by atoms with Crippen molar-refractivity contribution in [3.8, 4) is 0 Å². The van der Waals surface area contributed by atoms with Crippen LogP contribution in [0, 0.1) is 0 Å². The molecule has 0 bridgehead atoms. The summed E-state index contributed by atoms with van der Waals surface area (Å²) in [5.74, 6) is -0.111. The maximum Gasteiger partial charge on any atom is 0.246 e. The summed E-state index contributed by atoms with van der Waals surface area (Å²) in [6.45, 7) is 1.11. The van der Waals surface area contributed by atoms with E-state index < -0.39 is 12.2 Å². The highest BCUT2D eigenvalue weighted by atomic mass is 16.2. The van der Waals surface area contributed by atoms with Gasteiger partial charge in [0.05, 0.1) is 6.54 Å². The average molecular weight is 532 g/mol. The standard InChI is InChI=1S/C34H33N3O3/c38-32(19-18-25-10-3-1-4-11-25)36-21-20-33(39)37-30(22-26-12-5-2-6-13-26)34(40)35(24-31(36)37)23-28-16-9-15-27-14-7-8-17-29(27)28/h1-17,30-31H,18-24H2/t30?,31-/m1/s1. The number of carbonyl (C=O) groups excluding carboxylic acids is 3. The lowest BCUT2D eigenvalue weighted by Gasteiger charge is -2.52. The van der Waals surface area contributed by atoms with Crippen molar-refractivity contribution in [1.29, 1.82) is 0 Å². The van der Waals surface area contributed by atoms with Gasteiger partial charge < -0.3 is 14.7 Å². The summed E-state index contributed by atoms with van der Waals surface area (Å²) in [7, 11) is 0. The normalized spacial score (nSPS) is 19.1. The molecule has 6 heteroatoms. The predicted molar refractivity (Wildman–Crippen MR) is 155 cm³/mol. The zero-order chi connectivity index (χ0) is 27.5. The van der Waals surface area contributed by atoms with Crippen molar-refractivity contribution in [2.24, 2.45) is 0 Å². The number of carbonyl (C=O) groups is 3. The van der Waals surface area contributed by atoms with Crippen molar-refractivity contribution >= 4 is 28.5 Å². The van der Waals surface area contributed by atoms with Crippen LogP contribution in [0.3, 0.4) is 0 Å². The monoisotopic (exact) mass is 531 g/mol. The predicted octanol–water partition coefficient (Wildman–Crippen LogP) is 4.81. The molecule has 40 heavy (non-hydrogen) atoms. The molecular weight excluding hydrogens is 498 g/mol. The summed E-state index contributed by atoms with van der Waals surface area (Å²) in [4.78, 5) is 46.5. The number of benzene rings is 4. The molecule has 2 saturated heterocycles. The van der Waals surface area contributed by atoms with Crippen LogP contribution in [-0.2, 0) is 33.8 Å². The molecule has 4 aromatic rings. The second-order valence-electron chi connectivity index (χ2n) is 10.7. The molecule has 3 amide bonds. The summed E-state index contributed by atoms with van der Waals surface area (Å²) >= 11 is 0. The molecule has 6 rings (SSSR count). The quantitative estimate of drug-likeness (QED) is 0.344. The lowest BCUT2D eigenvalue weighted by Crippen LogP contribution is -2.71. The maximum atomic E-state index is 14.1. The summed E-state index contributed by atoms with van der Waals surface area (Å²) in [5.41, 5.74) is 3.16. The van der Waals surface area contributed by atoms with Gasteiger partial charge >= 0.3 is 0 Å². The Morgan fingerprint density at radius 2 is 1.45 bits per heavy atom. The average Bonchev–Trinajstić information content (AvgIpc) is 2.99. The van der Waals surface area contributed by atoms with Crippen LogP contribution < -0.4 is 0 Å². The van der Waals surface area contributed by atoms with E-state index in [-0.39, 0.29) is 24.1 Å². The minimum Gasteiger partial charge on any atom is -0.333 e. The maximum absolute atomic E-state index is 14.1. The van der Waals surface area contributed by atoms with Crippen molar-refractivity contribution in [3.05, 3.63) is 120 Å². The van der Waals surface area contributed by atoms with Gasteiger partial charge in [0.2, 0.25) is 17.7 Å². The molecule has 1 unspecified atom stereocenters. The minimum atomic E-state index is -0.659. The third-order valence-electron chi connectivity index (χ3n) is 8.16. The van der Waals surface area contributed by atoms with Crippen LogP contribution in [0.25, 0.3) is 10.8 Å². The number of nitrogens with zero attached hydrogens (tertiary/aromatic N) is 3. The Bertz CT molecular complexity index is 1520. The Balaban J connectivity index is 1.31. The lowest BCUT2D eigenvalue weighted by atomic mass is 9.96. The van der Waals surface area contributed by atoms with E-state index in [4.69, 9.17) is 0 Å². The molecular formula is C34H33N3O3. The van der Waals surface area contributed by atoms with Gasteiger partial charge in [0, 0.05) is 32.4 Å². The van der Waals surface area contributed by atoms with E-state index in [0.29, 0.717) is 38.9 Å². The Morgan fingerprint density at radius 1 is 0.775 bits per heavy atom. The van der Waals surface area contributed by atoms with Crippen LogP contribution in [0.5, 0.6) is 0 Å². The minimum absolute atomic E-state index is 0.0178. The molecule has 2 aliphatic rings. The van der Waals surface area contributed by atoms with E-state index >= 15 is 0 Å². The van der Waals surface area contributed by atoms with Crippen LogP contribution in [0.15, 0.2) is 103 Å². The SMILES string of the molecule is O=C1C(Cc2ccccc2)N2C(=O)CCN(C(=O)CCc3ccccc3)[C@H]2CN1Cc1cccc2ccccc12. The zero-order valence-corrected chi connectivity index (χ0v) is 22.5. The molecule has 2 aliphatic heterocycles. The number of aryl methyl sites for hydroxylation is 1. The number of amides is 3. The van der Waals surface area contributed by atoms with Gasteiger partial charge in [0.25, 0.3) is 0 Å². The molecule has 202 valence electrons. The molecule has 2 fully saturated rings. The number of fused-ring (bicyclic) bond motifs is 2. The van der Waals surface area contributed by atoms with Crippen LogP contribution >= 0.6 is 0 Å². The number of hydrogen-bond acceptors (Lipinski definition) is 3. The molecule has 0 N–H and O–H groups in total. The molecule has 2 heterocycles. The van der Waals surface area contributed by atoms with E-state index in [1.807, 2.05) is 88.7 Å². The molecule has 2 atom stereocenters. The second kappa shape index (κ2) is 11.3. The van der Waals surface area contributed by atoms with E-state index in [1.165, 1.54) is 0 Å². The van der Waals surface area contributed by atoms with Crippen molar-refractivity contribution < 1.29 is 14.4 Å². The van der Waals surface area contributed by atoms with Crippen LogP contribution in [0.1, 0.15) is 29.5 Å². The fraction of sp³-hybridized carbons (Fsp3) is 0.265. The van der Waals surface area contributed by atoms with Crippen LogP contribution in [0.2, 0.25) is 0 Å². The number of rotatable bonds is 7. The Kier molecular flexibility index (Phi) is 7.32. The Labute approximate surface area is 234 Å². The van der Waals surface area contributed by atoms with Crippen LogP contribution in [-0.4, -0.2) is 57.7 Å². The van der Waals surface area contributed by atoms with Gasteiger partial charge in [-0.25, -0.2) is 0 Å².